The van der Waals surface area contributed by atoms with Crippen LogP contribution in [0.15, 0.2) is 59.8 Å². The lowest BCUT2D eigenvalue weighted by Crippen LogP contribution is -1.95. The van der Waals surface area contributed by atoms with Crippen LogP contribution < -0.4 is 9.47 Å². The Morgan fingerprint density at radius 3 is 2.52 bits per heavy atom. The van der Waals surface area contributed by atoms with Crippen molar-refractivity contribution in [2.75, 3.05) is 7.11 Å². The zero-order valence-electron chi connectivity index (χ0n) is 14.8. The van der Waals surface area contributed by atoms with E-state index >= 15 is 0 Å². The van der Waals surface area contributed by atoms with Crippen molar-refractivity contribution in [3.05, 3.63) is 76.0 Å². The highest BCUT2D eigenvalue weighted by Crippen LogP contribution is 2.27. The van der Waals surface area contributed by atoms with Crippen LogP contribution >= 0.6 is 11.8 Å². The van der Waals surface area contributed by atoms with Gasteiger partial charge in [-0.15, -0.1) is 0 Å². The van der Waals surface area contributed by atoms with Gasteiger partial charge in [-0.3, -0.25) is 10.1 Å². The minimum atomic E-state index is -0.414. The summed E-state index contributed by atoms with van der Waals surface area (Å²) in [6.45, 7) is 1.87. The van der Waals surface area contributed by atoms with Crippen molar-refractivity contribution in [1.82, 2.24) is 9.97 Å². The first-order chi connectivity index (χ1) is 13.0. The molecule has 3 rings (SSSR count). The van der Waals surface area contributed by atoms with Crippen molar-refractivity contribution in [1.29, 1.82) is 0 Å². The van der Waals surface area contributed by atoms with Crippen LogP contribution in [0.25, 0.3) is 0 Å². The number of benzene rings is 2. The van der Waals surface area contributed by atoms with Crippen LogP contribution in [0.1, 0.15) is 11.3 Å². The molecule has 0 aliphatic carbocycles. The fraction of sp³-hybridized carbons (Fsp3) is 0.158. The van der Waals surface area contributed by atoms with Crippen LogP contribution in [-0.2, 0) is 5.75 Å². The molecule has 0 unspecified atom stereocenters. The van der Waals surface area contributed by atoms with E-state index in [1.807, 2.05) is 25.1 Å². The number of aryl methyl sites for hydroxylation is 1. The molecule has 0 amide bonds. The molecule has 0 atom stereocenters. The molecule has 3 aromatic rings. The standard InChI is InChI=1S/C19H17N3O4S/c1-13-10-18(26-17-5-3-4-16(11-17)25-2)21-19(20-13)27-12-14-6-8-15(9-7-14)22(23)24/h3-11H,12H2,1-2H3. The summed E-state index contributed by atoms with van der Waals surface area (Å²) in [5.74, 6) is 2.37. The minimum Gasteiger partial charge on any atom is -0.497 e. The minimum absolute atomic E-state index is 0.0736. The molecule has 0 saturated heterocycles. The quantitative estimate of drug-likeness (QED) is 0.251. The number of hydrogen-bond donors (Lipinski definition) is 0. The van der Waals surface area contributed by atoms with Gasteiger partial charge >= 0.3 is 0 Å². The van der Waals surface area contributed by atoms with E-state index in [2.05, 4.69) is 9.97 Å². The van der Waals surface area contributed by atoms with Crippen molar-refractivity contribution in [3.8, 4) is 17.4 Å². The lowest BCUT2D eigenvalue weighted by atomic mass is 10.2. The fourth-order valence-corrected chi connectivity index (χ4v) is 3.13. The van der Waals surface area contributed by atoms with E-state index in [9.17, 15) is 10.1 Å². The molecule has 7 nitrogen and oxygen atoms in total. The Kier molecular flexibility index (Phi) is 5.87. The Hall–Kier alpha value is -3.13. The number of ether oxygens (including phenoxy) is 2. The van der Waals surface area contributed by atoms with Crippen molar-refractivity contribution < 1.29 is 14.4 Å². The summed E-state index contributed by atoms with van der Waals surface area (Å²) in [6, 6.07) is 15.5. The van der Waals surface area contributed by atoms with Crippen molar-refractivity contribution in [2.24, 2.45) is 0 Å². The zero-order chi connectivity index (χ0) is 19.2. The number of methoxy groups -OCH3 is 1. The number of thioether (sulfide) groups is 1. The van der Waals surface area contributed by atoms with E-state index in [1.54, 1.807) is 31.4 Å². The van der Waals surface area contributed by atoms with Crippen LogP contribution in [0.5, 0.6) is 17.4 Å². The highest BCUT2D eigenvalue weighted by Gasteiger charge is 2.08. The highest BCUT2D eigenvalue weighted by molar-refractivity contribution is 7.98. The summed E-state index contributed by atoms with van der Waals surface area (Å²) in [6.07, 6.45) is 0. The van der Waals surface area contributed by atoms with Gasteiger partial charge in [0.25, 0.3) is 5.69 Å². The summed E-state index contributed by atoms with van der Waals surface area (Å²) < 4.78 is 11.0. The molecule has 8 heteroatoms. The fourth-order valence-electron chi connectivity index (χ4n) is 2.28. The van der Waals surface area contributed by atoms with Crippen molar-refractivity contribution in [2.45, 2.75) is 17.8 Å². The highest BCUT2D eigenvalue weighted by atomic mass is 32.2. The van der Waals surface area contributed by atoms with Crippen LogP contribution in [0.3, 0.4) is 0 Å². The molecular formula is C19H17N3O4S. The molecular weight excluding hydrogens is 366 g/mol. The summed E-state index contributed by atoms with van der Waals surface area (Å²) >= 11 is 1.44. The Bertz CT molecular complexity index is 948. The Balaban J connectivity index is 1.70. The summed E-state index contributed by atoms with van der Waals surface area (Å²) in [7, 11) is 1.60. The van der Waals surface area contributed by atoms with E-state index in [0.717, 1.165) is 11.3 Å². The molecule has 0 fully saturated rings. The summed E-state index contributed by atoms with van der Waals surface area (Å²) in [4.78, 5) is 19.1. The van der Waals surface area contributed by atoms with Crippen LogP contribution in [0.4, 0.5) is 5.69 Å². The first-order valence-corrected chi connectivity index (χ1v) is 9.06. The lowest BCUT2D eigenvalue weighted by molar-refractivity contribution is -0.384. The van der Waals surface area contributed by atoms with Crippen LogP contribution in [0, 0.1) is 17.0 Å². The molecule has 0 saturated carbocycles. The van der Waals surface area contributed by atoms with Gasteiger partial charge in [0, 0.05) is 35.7 Å². The van der Waals surface area contributed by atoms with E-state index < -0.39 is 4.92 Å². The molecule has 0 bridgehead atoms. The number of nitro benzene ring substituents is 1. The third-order valence-corrected chi connectivity index (χ3v) is 4.51. The van der Waals surface area contributed by atoms with E-state index in [4.69, 9.17) is 9.47 Å². The topological polar surface area (TPSA) is 87.4 Å². The van der Waals surface area contributed by atoms with Crippen molar-refractivity contribution in [3.63, 3.8) is 0 Å². The van der Waals surface area contributed by atoms with Gasteiger partial charge in [-0.2, -0.15) is 4.98 Å². The van der Waals surface area contributed by atoms with Crippen LogP contribution in [-0.4, -0.2) is 22.0 Å². The van der Waals surface area contributed by atoms with E-state index in [1.165, 1.54) is 23.9 Å². The first kappa shape index (κ1) is 18.7. The summed E-state index contributed by atoms with van der Waals surface area (Å²) in [5, 5.41) is 11.3. The molecule has 138 valence electrons. The number of aromatic nitrogens is 2. The van der Waals surface area contributed by atoms with Crippen molar-refractivity contribution >= 4 is 17.4 Å². The number of nitrogens with zero attached hydrogens (tertiary/aromatic N) is 3. The third kappa shape index (κ3) is 5.18. The average molecular weight is 383 g/mol. The molecule has 0 aliphatic heterocycles. The van der Waals surface area contributed by atoms with Gasteiger partial charge in [0.1, 0.15) is 11.5 Å². The van der Waals surface area contributed by atoms with Gasteiger partial charge in [-0.25, -0.2) is 4.98 Å². The molecule has 1 heterocycles. The third-order valence-electron chi connectivity index (χ3n) is 3.59. The van der Waals surface area contributed by atoms with Gasteiger partial charge in [0.15, 0.2) is 5.16 Å². The Labute approximate surface area is 160 Å². The maximum absolute atomic E-state index is 10.7. The molecule has 0 aliphatic rings. The molecule has 0 N–H and O–H groups in total. The zero-order valence-corrected chi connectivity index (χ0v) is 15.6. The smallest absolute Gasteiger partial charge is 0.269 e. The Morgan fingerprint density at radius 1 is 1.07 bits per heavy atom. The van der Waals surface area contributed by atoms with Gasteiger partial charge < -0.3 is 9.47 Å². The molecule has 1 aromatic heterocycles. The number of hydrogen-bond acceptors (Lipinski definition) is 7. The second-order valence-corrected chi connectivity index (χ2v) is 6.57. The normalized spacial score (nSPS) is 10.4. The SMILES string of the molecule is COc1cccc(Oc2cc(C)nc(SCc3ccc([N+](=O)[O-])cc3)n2)c1. The predicted molar refractivity (Wildman–Crippen MR) is 102 cm³/mol. The van der Waals surface area contributed by atoms with Gasteiger partial charge in [0.05, 0.1) is 12.0 Å². The monoisotopic (exact) mass is 383 g/mol. The Morgan fingerprint density at radius 2 is 1.81 bits per heavy atom. The first-order valence-electron chi connectivity index (χ1n) is 8.07. The molecule has 27 heavy (non-hydrogen) atoms. The predicted octanol–water partition coefficient (Wildman–Crippen LogP) is 4.79. The van der Waals surface area contributed by atoms with Crippen LogP contribution in [0.2, 0.25) is 0 Å². The van der Waals surface area contributed by atoms with Gasteiger partial charge in [0.2, 0.25) is 5.88 Å². The largest absolute Gasteiger partial charge is 0.497 e. The number of rotatable bonds is 7. The number of nitro groups is 1. The van der Waals surface area contributed by atoms with Gasteiger partial charge in [-0.1, -0.05) is 30.0 Å². The van der Waals surface area contributed by atoms with Gasteiger partial charge in [-0.05, 0) is 24.6 Å². The molecule has 0 radical (unpaired) electrons. The number of non-ortho nitro benzene ring substituents is 1. The maximum atomic E-state index is 10.7. The molecule has 0 spiro atoms. The van der Waals surface area contributed by atoms with E-state index in [-0.39, 0.29) is 5.69 Å². The summed E-state index contributed by atoms with van der Waals surface area (Å²) in [5.41, 5.74) is 1.81. The second-order valence-electron chi connectivity index (χ2n) is 5.62. The average Bonchev–Trinajstić information content (AvgIpc) is 2.66. The second kappa shape index (κ2) is 8.50. The van der Waals surface area contributed by atoms with E-state index in [0.29, 0.717) is 28.3 Å². The molecule has 2 aromatic carbocycles. The maximum Gasteiger partial charge on any atom is 0.269 e. The lowest BCUT2D eigenvalue weighted by Gasteiger charge is -2.08.